The highest BCUT2D eigenvalue weighted by Crippen LogP contribution is 2.24. The third-order valence-corrected chi connectivity index (χ3v) is 3.44. The lowest BCUT2D eigenvalue weighted by Crippen LogP contribution is -2.63. The van der Waals surface area contributed by atoms with Crippen molar-refractivity contribution in [3.63, 3.8) is 0 Å². The lowest BCUT2D eigenvalue weighted by Gasteiger charge is -2.45. The number of likely N-dealkylation sites (N-methyl/N-ethyl adjacent to an activating group) is 1. The van der Waals surface area contributed by atoms with Crippen LogP contribution in [-0.2, 0) is 4.79 Å². The minimum absolute atomic E-state index is 0.0541. The Balaban J connectivity index is 3.02. The molecule has 0 unspecified atom stereocenters. The van der Waals surface area contributed by atoms with E-state index in [1.165, 1.54) is 11.8 Å². The second kappa shape index (κ2) is 4.74. The molecule has 0 N–H and O–H groups in total. The molecule has 0 aliphatic carbocycles. The van der Waals surface area contributed by atoms with E-state index in [0.717, 1.165) is 0 Å². The minimum atomic E-state index is -0.633. The Hall–Kier alpha value is -1.22. The van der Waals surface area contributed by atoms with Crippen molar-refractivity contribution in [2.24, 2.45) is 4.99 Å². The van der Waals surface area contributed by atoms with Crippen LogP contribution < -0.4 is 0 Å². The summed E-state index contributed by atoms with van der Waals surface area (Å²) in [6.45, 7) is 5.08. The van der Waals surface area contributed by atoms with E-state index < -0.39 is 5.54 Å². The first-order chi connectivity index (χ1) is 7.45. The fraction of sp³-hybridized carbons (Fsp3) is 0.700. The van der Waals surface area contributed by atoms with E-state index in [0.29, 0.717) is 18.3 Å². The van der Waals surface area contributed by atoms with Gasteiger partial charge in [-0.25, -0.2) is 0 Å². The van der Waals surface area contributed by atoms with Crippen LogP contribution >= 0.6 is 11.8 Å². The number of thioether (sulfide) groups is 1. The molecule has 0 atom stereocenters. The van der Waals surface area contributed by atoms with Crippen LogP contribution in [0.4, 0.5) is 0 Å². The Labute approximate surface area is 100 Å². The van der Waals surface area contributed by atoms with Crippen molar-refractivity contribution in [3.8, 4) is 6.19 Å². The molecular formula is C10H16N4OS. The number of aliphatic imine (C=N–C) groups is 1. The van der Waals surface area contributed by atoms with Crippen LogP contribution in [0.15, 0.2) is 4.99 Å². The summed E-state index contributed by atoms with van der Waals surface area (Å²) in [5.41, 5.74) is -0.633. The van der Waals surface area contributed by atoms with E-state index in [9.17, 15) is 4.79 Å². The number of piperazine rings is 1. The van der Waals surface area contributed by atoms with Gasteiger partial charge >= 0.3 is 0 Å². The lowest BCUT2D eigenvalue weighted by molar-refractivity contribution is -0.143. The molecule has 0 saturated carbocycles. The van der Waals surface area contributed by atoms with Crippen LogP contribution in [0.3, 0.4) is 0 Å². The molecule has 1 fully saturated rings. The summed E-state index contributed by atoms with van der Waals surface area (Å²) < 4.78 is 0. The highest BCUT2D eigenvalue weighted by atomic mass is 32.2. The molecule has 16 heavy (non-hydrogen) atoms. The highest BCUT2D eigenvalue weighted by molar-refractivity contribution is 8.13. The number of carbonyl (C=O) groups excluding carboxylic acids is 1. The predicted octanol–water partition coefficient (Wildman–Crippen LogP) is 0.739. The number of carbonyl (C=O) groups is 1. The van der Waals surface area contributed by atoms with E-state index in [1.807, 2.05) is 25.0 Å². The molecule has 0 radical (unpaired) electrons. The van der Waals surface area contributed by atoms with Gasteiger partial charge in [0, 0.05) is 20.1 Å². The van der Waals surface area contributed by atoms with Gasteiger partial charge in [0.15, 0.2) is 5.17 Å². The van der Waals surface area contributed by atoms with Crippen LogP contribution in [0.2, 0.25) is 0 Å². The number of amidine groups is 1. The van der Waals surface area contributed by atoms with Crippen LogP contribution in [0.5, 0.6) is 0 Å². The normalized spacial score (nSPS) is 20.9. The summed E-state index contributed by atoms with van der Waals surface area (Å²) in [6, 6.07) is 0. The summed E-state index contributed by atoms with van der Waals surface area (Å²) in [5.74, 6) is 0.0541. The molecule has 1 aliphatic heterocycles. The van der Waals surface area contributed by atoms with Crippen molar-refractivity contribution in [3.05, 3.63) is 0 Å². The van der Waals surface area contributed by atoms with Crippen molar-refractivity contribution in [2.45, 2.75) is 19.4 Å². The van der Waals surface area contributed by atoms with E-state index in [-0.39, 0.29) is 5.91 Å². The van der Waals surface area contributed by atoms with Crippen molar-refractivity contribution >= 4 is 22.8 Å². The van der Waals surface area contributed by atoms with Gasteiger partial charge in [-0.05, 0) is 20.1 Å². The van der Waals surface area contributed by atoms with E-state index in [4.69, 9.17) is 5.26 Å². The third-order valence-electron chi connectivity index (χ3n) is 2.76. The van der Waals surface area contributed by atoms with Gasteiger partial charge in [-0.15, -0.1) is 4.99 Å². The Kier molecular flexibility index (Phi) is 3.81. The van der Waals surface area contributed by atoms with Crippen LogP contribution in [0.25, 0.3) is 0 Å². The Morgan fingerprint density at radius 3 is 2.69 bits per heavy atom. The Morgan fingerprint density at radius 1 is 1.56 bits per heavy atom. The first-order valence-electron chi connectivity index (χ1n) is 4.99. The molecule has 5 nitrogen and oxygen atoms in total. The first-order valence-corrected chi connectivity index (χ1v) is 6.21. The van der Waals surface area contributed by atoms with Crippen LogP contribution in [-0.4, -0.2) is 52.8 Å². The average Bonchev–Trinajstić information content (AvgIpc) is 2.24. The standard InChI is InChI=1S/C10H16N4OS/c1-10(2)8(15)13(3)5-6-14(10)9(16-4)12-7-11/h5-6H2,1-4H3. The zero-order valence-corrected chi connectivity index (χ0v) is 10.8. The van der Waals surface area contributed by atoms with Crippen LogP contribution in [0.1, 0.15) is 13.8 Å². The molecule has 1 saturated heterocycles. The van der Waals surface area contributed by atoms with Gasteiger partial charge in [0.25, 0.3) is 0 Å². The second-order valence-electron chi connectivity index (χ2n) is 4.14. The summed E-state index contributed by atoms with van der Waals surface area (Å²) >= 11 is 1.39. The van der Waals surface area contributed by atoms with Crippen molar-refractivity contribution < 1.29 is 4.79 Å². The monoisotopic (exact) mass is 240 g/mol. The molecule has 1 rings (SSSR count). The molecule has 0 aromatic heterocycles. The summed E-state index contributed by atoms with van der Waals surface area (Å²) in [6.07, 6.45) is 3.64. The minimum Gasteiger partial charge on any atom is -0.342 e. The first kappa shape index (κ1) is 12.8. The molecule has 0 aromatic carbocycles. The Morgan fingerprint density at radius 2 is 2.19 bits per heavy atom. The maximum atomic E-state index is 12.0. The van der Waals surface area contributed by atoms with Gasteiger partial charge in [-0.2, -0.15) is 5.26 Å². The van der Waals surface area contributed by atoms with Gasteiger partial charge in [0.2, 0.25) is 12.1 Å². The SMILES string of the molecule is CSC(=NC#N)N1CCN(C)C(=O)C1(C)C. The molecule has 1 heterocycles. The maximum Gasteiger partial charge on any atom is 0.247 e. The molecule has 1 aliphatic rings. The highest BCUT2D eigenvalue weighted by Gasteiger charge is 2.41. The van der Waals surface area contributed by atoms with Crippen molar-refractivity contribution in [1.82, 2.24) is 9.80 Å². The number of nitrogens with zero attached hydrogens (tertiary/aromatic N) is 4. The summed E-state index contributed by atoms with van der Waals surface area (Å²) in [7, 11) is 1.79. The van der Waals surface area contributed by atoms with Gasteiger partial charge in [-0.3, -0.25) is 4.79 Å². The molecule has 6 heteroatoms. The van der Waals surface area contributed by atoms with Crippen molar-refractivity contribution in [1.29, 1.82) is 5.26 Å². The topological polar surface area (TPSA) is 59.7 Å². The second-order valence-corrected chi connectivity index (χ2v) is 4.91. The molecule has 1 amide bonds. The smallest absolute Gasteiger partial charge is 0.247 e. The summed E-state index contributed by atoms with van der Waals surface area (Å²) in [5, 5.41) is 9.22. The van der Waals surface area contributed by atoms with Gasteiger partial charge in [0.1, 0.15) is 5.54 Å². The number of rotatable bonds is 0. The van der Waals surface area contributed by atoms with E-state index in [1.54, 1.807) is 18.1 Å². The van der Waals surface area contributed by atoms with E-state index in [2.05, 4.69) is 4.99 Å². The van der Waals surface area contributed by atoms with Gasteiger partial charge in [-0.1, -0.05) is 11.8 Å². The van der Waals surface area contributed by atoms with Crippen LogP contribution in [0, 0.1) is 11.5 Å². The average molecular weight is 240 g/mol. The molecule has 0 aromatic rings. The largest absolute Gasteiger partial charge is 0.342 e. The fourth-order valence-corrected chi connectivity index (χ4v) is 2.48. The fourth-order valence-electron chi connectivity index (χ4n) is 1.81. The maximum absolute atomic E-state index is 12.0. The zero-order chi connectivity index (χ0) is 12.3. The van der Waals surface area contributed by atoms with E-state index >= 15 is 0 Å². The molecular weight excluding hydrogens is 224 g/mol. The summed E-state index contributed by atoms with van der Waals surface area (Å²) in [4.78, 5) is 19.4. The zero-order valence-electron chi connectivity index (χ0n) is 10.0. The Bertz CT molecular complexity index is 358. The number of hydrogen-bond acceptors (Lipinski definition) is 4. The number of hydrogen-bond donors (Lipinski definition) is 0. The molecule has 88 valence electrons. The van der Waals surface area contributed by atoms with Gasteiger partial charge in [0.05, 0.1) is 0 Å². The number of nitriles is 1. The predicted molar refractivity (Wildman–Crippen MR) is 65.0 cm³/mol. The quantitative estimate of drug-likeness (QED) is 0.356. The van der Waals surface area contributed by atoms with Crippen molar-refractivity contribution in [2.75, 3.05) is 26.4 Å². The lowest BCUT2D eigenvalue weighted by atomic mass is 9.99. The molecule has 0 bridgehead atoms. The molecule has 0 spiro atoms. The number of amides is 1. The van der Waals surface area contributed by atoms with Gasteiger partial charge < -0.3 is 9.80 Å². The third kappa shape index (κ3) is 2.14.